The monoisotopic (exact) mass is 488 g/mol. The van der Waals surface area contributed by atoms with Gasteiger partial charge in [-0.2, -0.15) is 47.9 Å². The van der Waals surface area contributed by atoms with E-state index in [1.807, 2.05) is 6.92 Å². The van der Waals surface area contributed by atoms with Gasteiger partial charge >= 0.3 is 23.9 Å². The molecule has 3 nitrogen and oxygen atoms in total. The minimum atomic E-state index is -7.00. The number of hydrogen-bond acceptors (Lipinski definition) is 2. The molecule has 0 aliphatic rings. The minimum absolute atomic E-state index is 0.0205. The number of alkyl halides is 9. The summed E-state index contributed by atoms with van der Waals surface area (Å²) < 4.78 is 150. The molecule has 13 heteroatoms. The first-order valence-electron chi connectivity index (χ1n) is 9.15. The van der Waals surface area contributed by atoms with Crippen molar-refractivity contribution < 1.29 is 52.5 Å². The summed E-state index contributed by atoms with van der Waals surface area (Å²) in [5.74, 6) is -19.7. The SMILES string of the molecule is CCCCCCC(Cc1ccc(C(F)(F)C(F)(F)C(F)(F)C(F)(F)F)cc1)S(=O)(=O)O. The van der Waals surface area contributed by atoms with Crippen LogP contribution in [0.4, 0.5) is 39.5 Å². The Bertz CT molecular complexity index is 819. The Morgan fingerprint density at radius 1 is 0.839 bits per heavy atom. The van der Waals surface area contributed by atoms with Crippen LogP contribution in [0.5, 0.6) is 0 Å². The summed E-state index contributed by atoms with van der Waals surface area (Å²) in [6, 6.07) is 1.84. The van der Waals surface area contributed by atoms with Crippen LogP contribution in [0.25, 0.3) is 0 Å². The largest absolute Gasteiger partial charge is 0.460 e. The van der Waals surface area contributed by atoms with Crippen molar-refractivity contribution in [3.05, 3.63) is 35.4 Å². The Hall–Kier alpha value is -1.50. The fourth-order valence-electron chi connectivity index (χ4n) is 2.82. The molecule has 1 aromatic carbocycles. The molecule has 0 aromatic heterocycles. The second-order valence-corrected chi connectivity index (χ2v) is 8.80. The predicted octanol–water partition coefficient (Wildman–Crippen LogP) is 6.38. The highest BCUT2D eigenvalue weighted by molar-refractivity contribution is 7.86. The Morgan fingerprint density at radius 3 is 1.77 bits per heavy atom. The van der Waals surface area contributed by atoms with Crippen LogP contribution in [-0.2, 0) is 22.5 Å². The molecule has 1 unspecified atom stereocenters. The van der Waals surface area contributed by atoms with Gasteiger partial charge in [0, 0.05) is 5.56 Å². The summed E-state index contributed by atoms with van der Waals surface area (Å²) in [5.41, 5.74) is -1.83. The van der Waals surface area contributed by atoms with Crippen LogP contribution in [-0.4, -0.2) is 36.2 Å². The van der Waals surface area contributed by atoms with Crippen molar-refractivity contribution in [1.29, 1.82) is 0 Å². The zero-order valence-corrected chi connectivity index (χ0v) is 17.0. The molecule has 180 valence electrons. The summed E-state index contributed by atoms with van der Waals surface area (Å²) in [5, 5.41) is -1.33. The average Bonchev–Trinajstić information content (AvgIpc) is 2.62. The first-order valence-corrected chi connectivity index (χ1v) is 10.7. The molecule has 0 amide bonds. The van der Waals surface area contributed by atoms with Crippen LogP contribution >= 0.6 is 0 Å². The number of benzene rings is 1. The van der Waals surface area contributed by atoms with Crippen LogP contribution in [0.2, 0.25) is 0 Å². The molecule has 1 rings (SSSR count). The van der Waals surface area contributed by atoms with E-state index < -0.39 is 51.3 Å². The van der Waals surface area contributed by atoms with Crippen molar-refractivity contribution in [3.8, 4) is 0 Å². The minimum Gasteiger partial charge on any atom is -0.285 e. The van der Waals surface area contributed by atoms with E-state index in [0.717, 1.165) is 12.8 Å². The lowest BCUT2D eigenvalue weighted by molar-refractivity contribution is -0.399. The van der Waals surface area contributed by atoms with E-state index in [2.05, 4.69) is 0 Å². The first-order chi connectivity index (χ1) is 13.9. The molecule has 1 atom stereocenters. The summed E-state index contributed by atoms with van der Waals surface area (Å²) in [6.07, 6.45) is -4.55. The normalized spacial score (nSPS) is 15.2. The number of unbranched alkanes of at least 4 members (excludes halogenated alkanes) is 3. The van der Waals surface area contributed by atoms with E-state index in [1.54, 1.807) is 0 Å². The summed E-state index contributed by atoms with van der Waals surface area (Å²) >= 11 is 0. The van der Waals surface area contributed by atoms with Crippen LogP contribution < -0.4 is 0 Å². The molecule has 0 heterocycles. The Kier molecular flexibility index (Phi) is 8.48. The molecule has 0 radical (unpaired) electrons. The number of halogens is 9. The van der Waals surface area contributed by atoms with Crippen LogP contribution in [0.3, 0.4) is 0 Å². The Labute approximate surface area is 173 Å². The number of hydrogen-bond donors (Lipinski definition) is 1. The van der Waals surface area contributed by atoms with Gasteiger partial charge in [-0.15, -0.1) is 0 Å². The van der Waals surface area contributed by atoms with E-state index >= 15 is 0 Å². The summed E-state index contributed by atoms with van der Waals surface area (Å²) in [6.45, 7) is 1.91. The lowest BCUT2D eigenvalue weighted by Crippen LogP contribution is -2.59. The van der Waals surface area contributed by atoms with E-state index in [-0.39, 0.29) is 24.1 Å². The van der Waals surface area contributed by atoms with Crippen molar-refractivity contribution in [2.75, 3.05) is 0 Å². The molecule has 0 fully saturated rings. The third-order valence-electron chi connectivity index (χ3n) is 4.73. The summed E-state index contributed by atoms with van der Waals surface area (Å²) in [4.78, 5) is 0. The molecule has 0 saturated carbocycles. The molecule has 1 aromatic rings. The quantitative estimate of drug-likeness (QED) is 0.223. The molecule has 0 spiro atoms. The first kappa shape index (κ1) is 27.5. The summed E-state index contributed by atoms with van der Waals surface area (Å²) in [7, 11) is -4.54. The third kappa shape index (κ3) is 6.05. The second-order valence-electron chi connectivity index (χ2n) is 7.11. The molecule has 1 N–H and O–H groups in total. The third-order valence-corrected chi connectivity index (χ3v) is 5.97. The molecule has 0 bridgehead atoms. The zero-order chi connectivity index (χ0) is 24.3. The van der Waals surface area contributed by atoms with Gasteiger partial charge in [0.15, 0.2) is 0 Å². The molecule has 0 saturated heterocycles. The van der Waals surface area contributed by atoms with Crippen molar-refractivity contribution in [1.82, 2.24) is 0 Å². The van der Waals surface area contributed by atoms with E-state index in [4.69, 9.17) is 0 Å². The van der Waals surface area contributed by atoms with Gasteiger partial charge in [0.2, 0.25) is 0 Å². The van der Waals surface area contributed by atoms with E-state index in [1.165, 1.54) is 0 Å². The van der Waals surface area contributed by atoms with Gasteiger partial charge in [-0.1, -0.05) is 56.9 Å². The maximum Gasteiger partial charge on any atom is 0.460 e. The number of rotatable bonds is 11. The van der Waals surface area contributed by atoms with Crippen LogP contribution in [0.1, 0.15) is 50.2 Å². The Morgan fingerprint density at radius 2 is 1.35 bits per heavy atom. The van der Waals surface area contributed by atoms with Crippen molar-refractivity contribution in [3.63, 3.8) is 0 Å². The zero-order valence-electron chi connectivity index (χ0n) is 16.2. The molecule has 0 aliphatic carbocycles. The van der Waals surface area contributed by atoms with Gasteiger partial charge in [-0.05, 0) is 18.4 Å². The molecule has 0 aliphatic heterocycles. The fraction of sp³-hybridized carbons (Fsp3) is 0.667. The van der Waals surface area contributed by atoms with Gasteiger partial charge in [0.25, 0.3) is 10.1 Å². The highest BCUT2D eigenvalue weighted by Gasteiger charge is 2.81. The topological polar surface area (TPSA) is 54.4 Å². The van der Waals surface area contributed by atoms with Crippen molar-refractivity contribution >= 4 is 10.1 Å². The van der Waals surface area contributed by atoms with E-state index in [0.29, 0.717) is 25.0 Å². The van der Waals surface area contributed by atoms with E-state index in [9.17, 15) is 52.5 Å². The average molecular weight is 488 g/mol. The molecular weight excluding hydrogens is 467 g/mol. The van der Waals surface area contributed by atoms with Gasteiger partial charge in [-0.3, -0.25) is 4.55 Å². The van der Waals surface area contributed by atoms with Gasteiger partial charge < -0.3 is 0 Å². The van der Waals surface area contributed by atoms with Crippen LogP contribution in [0.15, 0.2) is 24.3 Å². The van der Waals surface area contributed by atoms with Crippen LogP contribution in [0, 0.1) is 0 Å². The van der Waals surface area contributed by atoms with Gasteiger partial charge in [0.1, 0.15) is 0 Å². The predicted molar refractivity (Wildman–Crippen MR) is 94.1 cm³/mol. The molecule has 31 heavy (non-hydrogen) atoms. The maximum atomic E-state index is 13.9. The second kappa shape index (κ2) is 9.55. The highest BCUT2D eigenvalue weighted by Crippen LogP contribution is 2.56. The molecular formula is C18H21F9O3S. The lowest BCUT2D eigenvalue weighted by Gasteiger charge is -2.33. The smallest absolute Gasteiger partial charge is 0.285 e. The van der Waals surface area contributed by atoms with Gasteiger partial charge in [-0.25, -0.2) is 0 Å². The van der Waals surface area contributed by atoms with Crippen molar-refractivity contribution in [2.24, 2.45) is 0 Å². The lowest BCUT2D eigenvalue weighted by atomic mass is 9.95. The standard InChI is InChI=1S/C18H21F9O3S/c1-2-3-4-5-6-14(31(28,29)30)11-12-7-9-13(10-8-12)15(19,20)16(21,22)17(23,24)18(25,26)27/h7-10,14H,2-6,11H2,1H3,(H,28,29,30). The fourth-order valence-corrected chi connectivity index (χ4v) is 3.69. The maximum absolute atomic E-state index is 13.9. The van der Waals surface area contributed by atoms with Gasteiger partial charge in [0.05, 0.1) is 5.25 Å². The Balaban J connectivity index is 3.11. The van der Waals surface area contributed by atoms with Crippen molar-refractivity contribution in [2.45, 2.75) is 74.6 Å². The highest BCUT2D eigenvalue weighted by atomic mass is 32.2.